The summed E-state index contributed by atoms with van der Waals surface area (Å²) in [5, 5.41) is 18.9. The molecule has 0 atom stereocenters. The molecule has 23 heavy (non-hydrogen) atoms. The summed E-state index contributed by atoms with van der Waals surface area (Å²) in [4.78, 5) is 24.0. The Morgan fingerprint density at radius 1 is 1.13 bits per heavy atom. The highest BCUT2D eigenvalue weighted by atomic mass is 16.6. The van der Waals surface area contributed by atoms with Gasteiger partial charge in [-0.3, -0.25) is 9.69 Å². The van der Waals surface area contributed by atoms with Gasteiger partial charge in [-0.25, -0.2) is 4.79 Å². The number of phenolic OH excluding ortho intramolecular Hbond substituents is 1. The number of aliphatic carboxylic acids is 1. The van der Waals surface area contributed by atoms with Crippen molar-refractivity contribution in [1.29, 1.82) is 0 Å². The number of aromatic hydroxyl groups is 1. The van der Waals surface area contributed by atoms with Gasteiger partial charge in [0, 0.05) is 11.8 Å². The lowest BCUT2D eigenvalue weighted by atomic mass is 10.2. The lowest BCUT2D eigenvalue weighted by Crippen LogP contribution is -2.36. The molecule has 0 aliphatic heterocycles. The number of ether oxygens (including phenoxy) is 1. The van der Waals surface area contributed by atoms with Crippen LogP contribution in [0, 0.1) is 0 Å². The standard InChI is InChI=1S/C16H16N2O5/c17-12-6-7-13(14(19)8-12)18(9-15(20)21)16(22)23-10-11-4-2-1-3-5-11/h1-8,19H,9-10,17H2,(H,20,21). The predicted molar refractivity (Wildman–Crippen MR) is 84.1 cm³/mol. The monoisotopic (exact) mass is 316 g/mol. The number of amides is 1. The molecule has 0 aliphatic rings. The van der Waals surface area contributed by atoms with Gasteiger partial charge in [0.2, 0.25) is 0 Å². The molecule has 0 saturated carbocycles. The summed E-state index contributed by atoms with van der Waals surface area (Å²) in [6, 6.07) is 13.0. The highest BCUT2D eigenvalue weighted by Gasteiger charge is 2.23. The molecule has 0 spiro atoms. The number of benzene rings is 2. The maximum absolute atomic E-state index is 12.2. The van der Waals surface area contributed by atoms with Crippen LogP contribution in [0.4, 0.5) is 16.2 Å². The van der Waals surface area contributed by atoms with Crippen LogP contribution in [-0.2, 0) is 16.1 Å². The Morgan fingerprint density at radius 2 is 1.83 bits per heavy atom. The summed E-state index contributed by atoms with van der Waals surface area (Å²) in [5.41, 5.74) is 6.59. The van der Waals surface area contributed by atoms with Crippen LogP contribution < -0.4 is 10.6 Å². The molecule has 2 aromatic carbocycles. The summed E-state index contributed by atoms with van der Waals surface area (Å²) in [6.45, 7) is -0.656. The maximum atomic E-state index is 12.2. The van der Waals surface area contributed by atoms with E-state index in [4.69, 9.17) is 15.6 Å². The van der Waals surface area contributed by atoms with Crippen molar-refractivity contribution in [2.75, 3.05) is 17.2 Å². The zero-order chi connectivity index (χ0) is 16.8. The molecule has 0 aromatic heterocycles. The summed E-state index contributed by atoms with van der Waals surface area (Å²) in [6.07, 6.45) is -0.878. The normalized spacial score (nSPS) is 10.1. The second kappa shape index (κ2) is 7.17. The molecule has 0 radical (unpaired) electrons. The quantitative estimate of drug-likeness (QED) is 0.729. The fraction of sp³-hybridized carbons (Fsp3) is 0.125. The zero-order valence-electron chi connectivity index (χ0n) is 12.2. The minimum absolute atomic E-state index is 0.00841. The number of anilines is 2. The third-order valence-electron chi connectivity index (χ3n) is 3.01. The van der Waals surface area contributed by atoms with Gasteiger partial charge in [-0.15, -0.1) is 0 Å². The van der Waals surface area contributed by atoms with Crippen LogP contribution in [0.25, 0.3) is 0 Å². The maximum Gasteiger partial charge on any atom is 0.415 e. The predicted octanol–water partition coefficient (Wildman–Crippen LogP) is 2.20. The molecule has 0 unspecified atom stereocenters. The molecule has 0 bridgehead atoms. The van der Waals surface area contributed by atoms with Gasteiger partial charge in [0.15, 0.2) is 0 Å². The molecule has 120 valence electrons. The van der Waals surface area contributed by atoms with E-state index in [2.05, 4.69) is 0 Å². The highest BCUT2D eigenvalue weighted by Crippen LogP contribution is 2.29. The summed E-state index contributed by atoms with van der Waals surface area (Å²) >= 11 is 0. The van der Waals surface area contributed by atoms with Crippen molar-refractivity contribution in [2.24, 2.45) is 0 Å². The van der Waals surface area contributed by atoms with E-state index in [1.54, 1.807) is 24.3 Å². The van der Waals surface area contributed by atoms with E-state index in [-0.39, 0.29) is 18.0 Å². The highest BCUT2D eigenvalue weighted by molar-refractivity contribution is 5.94. The number of rotatable bonds is 5. The number of carboxylic acid groups (broad SMARTS) is 1. The van der Waals surface area contributed by atoms with Crippen LogP contribution >= 0.6 is 0 Å². The van der Waals surface area contributed by atoms with Crippen LogP contribution in [-0.4, -0.2) is 28.8 Å². The number of phenols is 1. The SMILES string of the molecule is Nc1ccc(N(CC(=O)O)C(=O)OCc2ccccc2)c(O)c1. The topological polar surface area (TPSA) is 113 Å². The fourth-order valence-electron chi connectivity index (χ4n) is 1.95. The third kappa shape index (κ3) is 4.37. The first-order chi connectivity index (χ1) is 11.0. The molecule has 2 aromatic rings. The summed E-state index contributed by atoms with van der Waals surface area (Å²) in [7, 11) is 0. The van der Waals surface area contributed by atoms with Crippen LogP contribution in [0.1, 0.15) is 5.56 Å². The van der Waals surface area contributed by atoms with Crippen molar-refractivity contribution in [1.82, 2.24) is 0 Å². The number of nitrogens with zero attached hydrogens (tertiary/aromatic N) is 1. The molecule has 4 N–H and O–H groups in total. The molecule has 0 fully saturated rings. The van der Waals surface area contributed by atoms with E-state index in [9.17, 15) is 14.7 Å². The van der Waals surface area contributed by atoms with Crippen LogP contribution in [0.3, 0.4) is 0 Å². The Bertz CT molecular complexity index is 703. The Balaban J connectivity index is 2.17. The minimum atomic E-state index is -1.24. The number of carboxylic acids is 1. The molecule has 0 heterocycles. The van der Waals surface area contributed by atoms with Gasteiger partial charge < -0.3 is 20.7 Å². The third-order valence-corrected chi connectivity index (χ3v) is 3.01. The molecule has 7 heteroatoms. The molecule has 2 rings (SSSR count). The van der Waals surface area contributed by atoms with Crippen molar-refractivity contribution in [2.45, 2.75) is 6.61 Å². The molecule has 0 aliphatic carbocycles. The average Bonchev–Trinajstić information content (AvgIpc) is 2.51. The first-order valence-corrected chi connectivity index (χ1v) is 6.76. The van der Waals surface area contributed by atoms with E-state index in [1.165, 1.54) is 18.2 Å². The molecule has 0 saturated heterocycles. The number of hydrogen-bond donors (Lipinski definition) is 3. The van der Waals surface area contributed by atoms with Gasteiger partial charge in [0.1, 0.15) is 18.9 Å². The van der Waals surface area contributed by atoms with Gasteiger partial charge in [-0.2, -0.15) is 0 Å². The van der Waals surface area contributed by atoms with Gasteiger partial charge in [-0.05, 0) is 17.7 Å². The van der Waals surface area contributed by atoms with E-state index < -0.39 is 18.6 Å². The Labute approximate surface area is 132 Å². The lowest BCUT2D eigenvalue weighted by Gasteiger charge is -2.21. The minimum Gasteiger partial charge on any atom is -0.506 e. The van der Waals surface area contributed by atoms with Crippen molar-refractivity contribution in [3.8, 4) is 5.75 Å². The number of carbonyl (C=O) groups excluding carboxylic acids is 1. The van der Waals surface area contributed by atoms with Gasteiger partial charge >= 0.3 is 12.1 Å². The second-order valence-corrected chi connectivity index (χ2v) is 4.77. The number of carbonyl (C=O) groups is 2. The van der Waals surface area contributed by atoms with Crippen LogP contribution in [0.2, 0.25) is 0 Å². The van der Waals surface area contributed by atoms with Crippen molar-refractivity contribution in [3.63, 3.8) is 0 Å². The molecular weight excluding hydrogens is 300 g/mol. The van der Waals surface area contributed by atoms with Gasteiger partial charge in [0.25, 0.3) is 0 Å². The van der Waals surface area contributed by atoms with E-state index in [0.717, 1.165) is 10.5 Å². The van der Waals surface area contributed by atoms with Crippen molar-refractivity contribution in [3.05, 3.63) is 54.1 Å². The average molecular weight is 316 g/mol. The Hall–Kier alpha value is -3.22. The number of nitrogen functional groups attached to an aromatic ring is 1. The van der Waals surface area contributed by atoms with Crippen LogP contribution in [0.15, 0.2) is 48.5 Å². The lowest BCUT2D eigenvalue weighted by molar-refractivity contribution is -0.135. The zero-order valence-corrected chi connectivity index (χ0v) is 12.2. The molecule has 1 amide bonds. The molecular formula is C16H16N2O5. The first-order valence-electron chi connectivity index (χ1n) is 6.76. The van der Waals surface area contributed by atoms with Gasteiger partial charge in [0.05, 0.1) is 5.69 Å². The van der Waals surface area contributed by atoms with E-state index >= 15 is 0 Å². The second-order valence-electron chi connectivity index (χ2n) is 4.77. The largest absolute Gasteiger partial charge is 0.506 e. The van der Waals surface area contributed by atoms with E-state index in [0.29, 0.717) is 5.69 Å². The Kier molecular flexibility index (Phi) is 5.03. The molecule has 7 nitrogen and oxygen atoms in total. The first kappa shape index (κ1) is 16.2. The fourth-order valence-corrected chi connectivity index (χ4v) is 1.95. The smallest absolute Gasteiger partial charge is 0.415 e. The van der Waals surface area contributed by atoms with Gasteiger partial charge in [-0.1, -0.05) is 30.3 Å². The number of nitrogens with two attached hydrogens (primary N) is 1. The number of hydrogen-bond acceptors (Lipinski definition) is 5. The summed E-state index contributed by atoms with van der Waals surface area (Å²) in [5.74, 6) is -1.54. The van der Waals surface area contributed by atoms with E-state index in [1.807, 2.05) is 6.07 Å². The van der Waals surface area contributed by atoms with Crippen molar-refractivity contribution >= 4 is 23.4 Å². The Morgan fingerprint density at radius 3 is 2.43 bits per heavy atom. The van der Waals surface area contributed by atoms with Crippen molar-refractivity contribution < 1.29 is 24.5 Å². The van der Waals surface area contributed by atoms with Crippen LogP contribution in [0.5, 0.6) is 5.75 Å². The summed E-state index contributed by atoms with van der Waals surface area (Å²) < 4.78 is 5.11.